The number of aliphatic hydroxyl groups is 1. The van der Waals surface area contributed by atoms with Gasteiger partial charge in [0.25, 0.3) is 11.5 Å². The summed E-state index contributed by atoms with van der Waals surface area (Å²) in [6.07, 6.45) is -0.586. The number of hydrogen-bond donors (Lipinski definition) is 4. The van der Waals surface area contributed by atoms with Crippen molar-refractivity contribution in [2.24, 2.45) is 0 Å². The molecule has 2 rings (SSSR count). The molecule has 2 aromatic heterocycles. The lowest BCUT2D eigenvalue weighted by molar-refractivity contribution is -0.146. The maximum absolute atomic E-state index is 12.0. The number of aromatic nitrogens is 2. The van der Waals surface area contributed by atoms with Crippen molar-refractivity contribution < 1.29 is 24.2 Å². The first kappa shape index (κ1) is 13.7. The van der Waals surface area contributed by atoms with Crippen LogP contribution in [0.4, 0.5) is 0 Å². The fourth-order valence-electron chi connectivity index (χ4n) is 1.69. The Kier molecular flexibility index (Phi) is 3.53. The molecule has 20 heavy (non-hydrogen) atoms. The smallest absolute Gasteiger partial charge is 0.334 e. The number of aromatic amines is 1. The number of hydrogen-bond acceptors (Lipinski definition) is 6. The zero-order chi connectivity index (χ0) is 14.9. The quantitative estimate of drug-likeness (QED) is 0.562. The highest BCUT2D eigenvalue weighted by Crippen LogP contribution is 2.20. The summed E-state index contributed by atoms with van der Waals surface area (Å²) in [5.41, 5.74) is -0.571. The van der Waals surface area contributed by atoms with Gasteiger partial charge in [-0.05, 0) is 6.92 Å². The summed E-state index contributed by atoms with van der Waals surface area (Å²) in [6, 6.07) is 0. The molecular weight excluding hydrogens is 270 g/mol. The number of nitrogens with zero attached hydrogens (tertiary/aromatic N) is 1. The van der Waals surface area contributed by atoms with Gasteiger partial charge < -0.3 is 24.9 Å². The third-order valence-corrected chi connectivity index (χ3v) is 2.64. The van der Waals surface area contributed by atoms with E-state index in [1.54, 1.807) is 0 Å². The molecule has 0 aliphatic heterocycles. The Balaban J connectivity index is 2.33. The Labute approximate surface area is 111 Å². The van der Waals surface area contributed by atoms with Crippen molar-refractivity contribution in [3.8, 4) is 0 Å². The standard InChI is InChI=1S/C11H11N3O6/c1-4-6(8(16)12-2-5(15)11(18)19)7-9(17)13-3-14-10(7)20-4/h3,5,15H,2H2,1H3,(H,12,16)(H,18,19)(H,13,14,17)/t5-/m0/s1. The van der Waals surface area contributed by atoms with Crippen LogP contribution in [0.3, 0.4) is 0 Å². The molecule has 0 bridgehead atoms. The van der Waals surface area contributed by atoms with E-state index < -0.39 is 30.1 Å². The number of rotatable bonds is 4. The van der Waals surface area contributed by atoms with Gasteiger partial charge in [-0.3, -0.25) is 9.59 Å². The summed E-state index contributed by atoms with van der Waals surface area (Å²) >= 11 is 0. The number of carboxylic acids is 1. The van der Waals surface area contributed by atoms with Crippen LogP contribution in [0.5, 0.6) is 0 Å². The predicted octanol–water partition coefficient (Wildman–Crippen LogP) is -1.00. The molecule has 0 unspecified atom stereocenters. The van der Waals surface area contributed by atoms with Crippen molar-refractivity contribution in [1.82, 2.24) is 15.3 Å². The monoisotopic (exact) mass is 281 g/mol. The van der Waals surface area contributed by atoms with E-state index in [0.29, 0.717) is 0 Å². The maximum atomic E-state index is 12.0. The number of amides is 1. The van der Waals surface area contributed by atoms with Gasteiger partial charge >= 0.3 is 5.97 Å². The molecule has 9 heteroatoms. The molecule has 106 valence electrons. The van der Waals surface area contributed by atoms with E-state index in [0.717, 1.165) is 6.33 Å². The normalized spacial score (nSPS) is 12.3. The summed E-state index contributed by atoms with van der Waals surface area (Å²) in [4.78, 5) is 40.2. The van der Waals surface area contributed by atoms with Crippen LogP contribution in [-0.2, 0) is 4.79 Å². The van der Waals surface area contributed by atoms with Gasteiger partial charge in [-0.1, -0.05) is 0 Å². The molecule has 4 N–H and O–H groups in total. The van der Waals surface area contributed by atoms with Crippen LogP contribution in [0, 0.1) is 6.92 Å². The molecule has 0 saturated heterocycles. The number of nitrogens with one attached hydrogen (secondary N) is 2. The second-order valence-corrected chi connectivity index (χ2v) is 4.01. The van der Waals surface area contributed by atoms with Gasteiger partial charge in [0.1, 0.15) is 11.1 Å². The number of furan rings is 1. The van der Waals surface area contributed by atoms with Crippen LogP contribution in [-0.4, -0.2) is 44.7 Å². The minimum absolute atomic E-state index is 0.00943. The van der Waals surface area contributed by atoms with Gasteiger partial charge in [0.2, 0.25) is 5.71 Å². The number of H-pyrrole nitrogens is 1. The topological polar surface area (TPSA) is 146 Å². The van der Waals surface area contributed by atoms with Crippen molar-refractivity contribution in [2.45, 2.75) is 13.0 Å². The third-order valence-electron chi connectivity index (χ3n) is 2.64. The molecule has 2 aromatic rings. The lowest BCUT2D eigenvalue weighted by atomic mass is 10.2. The fourth-order valence-corrected chi connectivity index (χ4v) is 1.69. The number of fused-ring (bicyclic) bond motifs is 1. The van der Waals surface area contributed by atoms with Gasteiger partial charge in [-0.25, -0.2) is 9.78 Å². The number of aliphatic carboxylic acids is 1. The zero-order valence-electron chi connectivity index (χ0n) is 10.3. The minimum atomic E-state index is -1.73. The lowest BCUT2D eigenvalue weighted by Crippen LogP contribution is -2.36. The van der Waals surface area contributed by atoms with Gasteiger partial charge in [0, 0.05) is 0 Å². The third kappa shape index (κ3) is 2.38. The Hall–Kier alpha value is -2.68. The van der Waals surface area contributed by atoms with E-state index in [1.807, 2.05) is 0 Å². The number of aliphatic hydroxyl groups excluding tert-OH is 1. The summed E-state index contributed by atoms with van der Waals surface area (Å²) in [5.74, 6) is -2.01. The Bertz CT molecular complexity index is 731. The summed E-state index contributed by atoms with van der Waals surface area (Å²) < 4.78 is 5.18. The van der Waals surface area contributed by atoms with Crippen molar-refractivity contribution in [1.29, 1.82) is 0 Å². The largest absolute Gasteiger partial charge is 0.479 e. The van der Waals surface area contributed by atoms with Crippen LogP contribution in [0.25, 0.3) is 11.1 Å². The van der Waals surface area contributed by atoms with E-state index >= 15 is 0 Å². The SMILES string of the molecule is Cc1oc2nc[nH]c(=O)c2c1C(=O)NC[C@H](O)C(=O)O. The van der Waals surface area contributed by atoms with Crippen LogP contribution in [0.1, 0.15) is 16.1 Å². The zero-order valence-corrected chi connectivity index (χ0v) is 10.3. The van der Waals surface area contributed by atoms with Gasteiger partial charge in [-0.15, -0.1) is 0 Å². The van der Waals surface area contributed by atoms with Crippen molar-refractivity contribution in [3.05, 3.63) is 28.0 Å². The first-order chi connectivity index (χ1) is 9.41. The Morgan fingerprint density at radius 3 is 2.90 bits per heavy atom. The predicted molar refractivity (Wildman–Crippen MR) is 65.3 cm³/mol. The molecule has 0 aliphatic rings. The van der Waals surface area contributed by atoms with E-state index in [1.165, 1.54) is 6.92 Å². The van der Waals surface area contributed by atoms with Crippen molar-refractivity contribution in [2.75, 3.05) is 6.54 Å². The van der Waals surface area contributed by atoms with Crippen LogP contribution < -0.4 is 10.9 Å². The lowest BCUT2D eigenvalue weighted by Gasteiger charge is -2.07. The molecular formula is C11H11N3O6. The molecule has 0 aromatic carbocycles. The molecule has 2 heterocycles. The van der Waals surface area contributed by atoms with Gasteiger partial charge in [-0.2, -0.15) is 0 Å². The van der Waals surface area contributed by atoms with E-state index in [4.69, 9.17) is 14.6 Å². The van der Waals surface area contributed by atoms with E-state index in [-0.39, 0.29) is 22.4 Å². The molecule has 9 nitrogen and oxygen atoms in total. The van der Waals surface area contributed by atoms with Crippen LogP contribution in [0.2, 0.25) is 0 Å². The fraction of sp³-hybridized carbons (Fsp3) is 0.273. The van der Waals surface area contributed by atoms with Crippen molar-refractivity contribution in [3.63, 3.8) is 0 Å². The summed E-state index contributed by atoms with van der Waals surface area (Å²) in [7, 11) is 0. The highest BCUT2D eigenvalue weighted by Gasteiger charge is 2.23. The van der Waals surface area contributed by atoms with Crippen LogP contribution >= 0.6 is 0 Å². The number of carbonyl (C=O) groups excluding carboxylic acids is 1. The van der Waals surface area contributed by atoms with Crippen molar-refractivity contribution >= 4 is 23.0 Å². The second-order valence-electron chi connectivity index (χ2n) is 4.01. The molecule has 1 amide bonds. The van der Waals surface area contributed by atoms with E-state index in [2.05, 4.69) is 15.3 Å². The first-order valence-corrected chi connectivity index (χ1v) is 5.57. The summed E-state index contributed by atoms with van der Waals surface area (Å²) in [6.45, 7) is 0.988. The Morgan fingerprint density at radius 1 is 1.55 bits per heavy atom. The molecule has 0 spiro atoms. The van der Waals surface area contributed by atoms with E-state index in [9.17, 15) is 14.4 Å². The number of carbonyl (C=O) groups is 2. The molecule has 0 aliphatic carbocycles. The number of aryl methyl sites for hydroxylation is 1. The average molecular weight is 281 g/mol. The Morgan fingerprint density at radius 2 is 2.25 bits per heavy atom. The minimum Gasteiger partial charge on any atom is -0.479 e. The average Bonchev–Trinajstić information content (AvgIpc) is 2.73. The molecule has 0 fully saturated rings. The molecule has 0 radical (unpaired) electrons. The maximum Gasteiger partial charge on any atom is 0.334 e. The second kappa shape index (κ2) is 5.13. The molecule has 1 atom stereocenters. The highest BCUT2D eigenvalue weighted by molar-refractivity contribution is 6.06. The van der Waals surface area contributed by atoms with Gasteiger partial charge in [0.05, 0.1) is 18.4 Å². The summed E-state index contributed by atoms with van der Waals surface area (Å²) in [5, 5.41) is 19.8. The number of carboxylic acid groups (broad SMARTS) is 1. The van der Waals surface area contributed by atoms with Crippen LogP contribution in [0.15, 0.2) is 15.5 Å². The molecule has 0 saturated carbocycles. The highest BCUT2D eigenvalue weighted by atomic mass is 16.4. The van der Waals surface area contributed by atoms with Gasteiger partial charge in [0.15, 0.2) is 6.10 Å². The first-order valence-electron chi connectivity index (χ1n) is 5.57.